The highest BCUT2D eigenvalue weighted by Crippen LogP contribution is 2.26. The molecule has 2 N–H and O–H groups in total. The van der Waals surface area contributed by atoms with Gasteiger partial charge in [0.05, 0.1) is 4.90 Å². The number of hydrogen-bond donors (Lipinski definition) is 2. The number of carbonyl (C=O) groups excluding carboxylic acids is 1. The van der Waals surface area contributed by atoms with Crippen LogP contribution in [0.2, 0.25) is 0 Å². The minimum atomic E-state index is -3.50. The highest BCUT2D eigenvalue weighted by atomic mass is 32.2. The molecule has 8 heteroatoms. The summed E-state index contributed by atoms with van der Waals surface area (Å²) < 4.78 is 25.3. The van der Waals surface area contributed by atoms with Crippen molar-refractivity contribution in [2.75, 3.05) is 19.4 Å². The van der Waals surface area contributed by atoms with E-state index in [0.717, 1.165) is 16.4 Å². The summed E-state index contributed by atoms with van der Waals surface area (Å²) in [5, 5.41) is 9.93. The number of aromatic nitrogens is 2. The molecule has 0 spiro atoms. The SMILES string of the molecule is CN(C)S(=O)(=O)c1ccc(C(=O)Nc2cc(CC3CCCCC3)[nH]n2)cc1. The third-order valence-corrected chi connectivity index (χ3v) is 6.83. The molecule has 1 heterocycles. The first kappa shape index (κ1) is 19.6. The summed E-state index contributed by atoms with van der Waals surface area (Å²) in [7, 11) is -0.564. The molecule has 7 nitrogen and oxygen atoms in total. The Labute approximate surface area is 160 Å². The van der Waals surface area contributed by atoms with E-state index in [-0.39, 0.29) is 10.8 Å². The molecule has 2 aromatic rings. The van der Waals surface area contributed by atoms with E-state index in [2.05, 4.69) is 15.5 Å². The molecular formula is C19H26N4O3S. The number of aromatic amines is 1. The van der Waals surface area contributed by atoms with Crippen LogP contribution in [-0.4, -0.2) is 42.9 Å². The van der Waals surface area contributed by atoms with E-state index < -0.39 is 10.0 Å². The minimum Gasteiger partial charge on any atom is -0.305 e. The van der Waals surface area contributed by atoms with Crippen molar-refractivity contribution in [1.82, 2.24) is 14.5 Å². The summed E-state index contributed by atoms with van der Waals surface area (Å²) in [5.41, 5.74) is 1.41. The summed E-state index contributed by atoms with van der Waals surface area (Å²) in [5.74, 6) is 0.851. The lowest BCUT2D eigenvalue weighted by atomic mass is 9.86. The maximum Gasteiger partial charge on any atom is 0.256 e. The van der Waals surface area contributed by atoms with Crippen LogP contribution in [0.5, 0.6) is 0 Å². The van der Waals surface area contributed by atoms with Crippen LogP contribution in [0.4, 0.5) is 5.82 Å². The second-order valence-corrected chi connectivity index (χ2v) is 9.40. The van der Waals surface area contributed by atoms with E-state index in [4.69, 9.17) is 0 Å². The van der Waals surface area contributed by atoms with Crippen molar-refractivity contribution in [3.8, 4) is 0 Å². The van der Waals surface area contributed by atoms with Gasteiger partial charge < -0.3 is 5.32 Å². The molecule has 0 saturated heterocycles. The van der Waals surface area contributed by atoms with Gasteiger partial charge in [-0.25, -0.2) is 12.7 Å². The molecule has 0 unspecified atom stereocenters. The number of carbonyl (C=O) groups is 1. The Bertz CT molecular complexity index is 882. The van der Waals surface area contributed by atoms with Gasteiger partial charge in [0.25, 0.3) is 5.91 Å². The van der Waals surface area contributed by atoms with Gasteiger partial charge in [-0.05, 0) is 36.6 Å². The molecule has 1 fully saturated rings. The lowest BCUT2D eigenvalue weighted by Gasteiger charge is -2.20. The molecule has 1 aliphatic rings. The Balaban J connectivity index is 1.62. The van der Waals surface area contributed by atoms with Crippen LogP contribution in [0, 0.1) is 5.92 Å². The van der Waals surface area contributed by atoms with Gasteiger partial charge in [0.2, 0.25) is 10.0 Å². The molecular weight excluding hydrogens is 364 g/mol. The molecule has 27 heavy (non-hydrogen) atoms. The Hall–Kier alpha value is -2.19. The fraction of sp³-hybridized carbons (Fsp3) is 0.474. The third kappa shape index (κ3) is 4.75. The van der Waals surface area contributed by atoms with Gasteiger partial charge in [-0.3, -0.25) is 9.89 Å². The van der Waals surface area contributed by atoms with E-state index in [0.29, 0.717) is 17.3 Å². The number of nitrogens with zero attached hydrogens (tertiary/aromatic N) is 2. The first-order valence-corrected chi connectivity index (χ1v) is 10.7. The van der Waals surface area contributed by atoms with Gasteiger partial charge in [-0.2, -0.15) is 5.10 Å². The molecule has 3 rings (SSSR count). The maximum atomic E-state index is 12.4. The summed E-state index contributed by atoms with van der Waals surface area (Å²) in [6.07, 6.45) is 7.38. The van der Waals surface area contributed by atoms with Gasteiger partial charge in [-0.1, -0.05) is 32.1 Å². The Morgan fingerprint density at radius 3 is 2.48 bits per heavy atom. The van der Waals surface area contributed by atoms with Gasteiger partial charge in [0, 0.05) is 31.4 Å². The van der Waals surface area contributed by atoms with Crippen LogP contribution in [0.3, 0.4) is 0 Å². The number of sulfonamides is 1. The van der Waals surface area contributed by atoms with Crippen molar-refractivity contribution in [2.24, 2.45) is 5.92 Å². The van der Waals surface area contributed by atoms with Gasteiger partial charge in [0.15, 0.2) is 5.82 Å². The van der Waals surface area contributed by atoms with Crippen molar-refractivity contribution in [3.63, 3.8) is 0 Å². The Morgan fingerprint density at radius 1 is 1.19 bits per heavy atom. The van der Waals surface area contributed by atoms with E-state index in [9.17, 15) is 13.2 Å². The summed E-state index contributed by atoms with van der Waals surface area (Å²) in [4.78, 5) is 12.5. The van der Waals surface area contributed by atoms with Gasteiger partial charge in [0.1, 0.15) is 0 Å². The number of nitrogens with one attached hydrogen (secondary N) is 2. The Kier molecular flexibility index (Phi) is 5.96. The molecule has 0 aliphatic heterocycles. The summed E-state index contributed by atoms with van der Waals surface area (Å²) in [6, 6.07) is 7.74. The average Bonchev–Trinajstić information content (AvgIpc) is 3.09. The van der Waals surface area contributed by atoms with Gasteiger partial charge in [-0.15, -0.1) is 0 Å². The molecule has 0 bridgehead atoms. The minimum absolute atomic E-state index is 0.151. The highest BCUT2D eigenvalue weighted by Gasteiger charge is 2.18. The van der Waals surface area contributed by atoms with E-state index in [1.54, 1.807) is 0 Å². The zero-order valence-corrected chi connectivity index (χ0v) is 16.6. The number of benzene rings is 1. The highest BCUT2D eigenvalue weighted by molar-refractivity contribution is 7.89. The molecule has 146 valence electrons. The molecule has 1 aliphatic carbocycles. The van der Waals surface area contributed by atoms with Crippen LogP contribution >= 0.6 is 0 Å². The number of hydrogen-bond acceptors (Lipinski definition) is 4. The zero-order chi connectivity index (χ0) is 19.4. The predicted octanol–water partition coefficient (Wildman–Crippen LogP) is 3.04. The number of amides is 1. The second-order valence-electron chi connectivity index (χ2n) is 7.25. The number of anilines is 1. The lowest BCUT2D eigenvalue weighted by Crippen LogP contribution is -2.22. The molecule has 1 amide bonds. The zero-order valence-electron chi connectivity index (χ0n) is 15.7. The van der Waals surface area contributed by atoms with Gasteiger partial charge >= 0.3 is 0 Å². The fourth-order valence-corrected chi connectivity index (χ4v) is 4.31. The van der Waals surface area contributed by atoms with E-state index in [1.807, 2.05) is 6.07 Å². The number of rotatable bonds is 6. The van der Waals surface area contributed by atoms with Crippen molar-refractivity contribution < 1.29 is 13.2 Å². The monoisotopic (exact) mass is 390 g/mol. The van der Waals surface area contributed by atoms with Crippen LogP contribution in [0.1, 0.15) is 48.2 Å². The maximum absolute atomic E-state index is 12.4. The first-order valence-electron chi connectivity index (χ1n) is 9.24. The number of H-pyrrole nitrogens is 1. The van der Waals surface area contributed by atoms with Crippen LogP contribution in [0.25, 0.3) is 0 Å². The Morgan fingerprint density at radius 2 is 1.85 bits per heavy atom. The molecule has 1 saturated carbocycles. The largest absolute Gasteiger partial charge is 0.305 e. The van der Waals surface area contributed by atoms with Crippen molar-refractivity contribution in [3.05, 3.63) is 41.6 Å². The van der Waals surface area contributed by atoms with Crippen molar-refractivity contribution in [2.45, 2.75) is 43.4 Å². The standard InChI is InChI=1S/C19H26N4O3S/c1-23(2)27(25,26)17-10-8-15(9-11-17)19(24)20-18-13-16(21-22-18)12-14-6-4-3-5-7-14/h8-11,13-14H,3-7,12H2,1-2H3,(H2,20,21,22,24). The van der Waals surface area contributed by atoms with E-state index in [1.165, 1.54) is 70.5 Å². The van der Waals surface area contributed by atoms with Crippen LogP contribution in [0.15, 0.2) is 35.2 Å². The average molecular weight is 391 g/mol. The second kappa shape index (κ2) is 8.22. The van der Waals surface area contributed by atoms with Crippen LogP contribution in [-0.2, 0) is 16.4 Å². The quantitative estimate of drug-likeness (QED) is 0.792. The molecule has 0 atom stereocenters. The summed E-state index contributed by atoms with van der Waals surface area (Å²) >= 11 is 0. The van der Waals surface area contributed by atoms with E-state index >= 15 is 0 Å². The normalized spacial score (nSPS) is 15.8. The topological polar surface area (TPSA) is 95.2 Å². The predicted molar refractivity (Wildman–Crippen MR) is 104 cm³/mol. The smallest absolute Gasteiger partial charge is 0.256 e. The van der Waals surface area contributed by atoms with Crippen LogP contribution < -0.4 is 5.32 Å². The third-order valence-electron chi connectivity index (χ3n) is 5.00. The molecule has 1 aromatic heterocycles. The fourth-order valence-electron chi connectivity index (χ4n) is 3.41. The lowest BCUT2D eigenvalue weighted by molar-refractivity contribution is 0.102. The van der Waals surface area contributed by atoms with Crippen molar-refractivity contribution >= 4 is 21.7 Å². The first-order chi connectivity index (χ1) is 12.9. The van der Waals surface area contributed by atoms with Crippen molar-refractivity contribution in [1.29, 1.82) is 0 Å². The molecule has 0 radical (unpaired) electrons. The molecule has 1 aromatic carbocycles. The summed E-state index contributed by atoms with van der Waals surface area (Å²) in [6.45, 7) is 0.